The largest absolute Gasteiger partial charge is 0.417 e. The molecule has 1 N–H and O–H groups in total. The monoisotopic (exact) mass is 273 g/mol. The molecule has 1 aromatic rings. The second-order valence-corrected chi connectivity index (χ2v) is 5.33. The zero-order valence-electron chi connectivity index (χ0n) is 10.2. The van der Waals surface area contributed by atoms with Crippen molar-refractivity contribution in [3.8, 4) is 0 Å². The van der Waals surface area contributed by atoms with Crippen LogP contribution in [0.3, 0.4) is 0 Å². The lowest BCUT2D eigenvalue weighted by molar-refractivity contribution is -0.138. The number of nitrogens with zero attached hydrogens (tertiary/aromatic N) is 1. The van der Waals surface area contributed by atoms with Gasteiger partial charge in [0.1, 0.15) is 5.60 Å². The number of ether oxygens (including phenoxy) is 1. The predicted octanol–water partition coefficient (Wildman–Crippen LogP) is 2.63. The Kier molecular flexibility index (Phi) is 2.83. The molecule has 2 fully saturated rings. The van der Waals surface area contributed by atoms with Gasteiger partial charge in [0.2, 0.25) is 0 Å². The lowest BCUT2D eigenvalue weighted by Crippen LogP contribution is -2.39. The zero-order valence-corrected chi connectivity index (χ0v) is 10.2. The van der Waals surface area contributed by atoms with Gasteiger partial charge in [0.15, 0.2) is 0 Å². The van der Waals surface area contributed by atoms with Gasteiger partial charge in [-0.05, 0) is 25.0 Å². The highest BCUT2D eigenvalue weighted by Gasteiger charge is 2.45. The molecule has 2 aliphatic rings. The Morgan fingerprint density at radius 2 is 1.84 bits per heavy atom. The second kappa shape index (κ2) is 4.18. The van der Waals surface area contributed by atoms with E-state index in [1.54, 1.807) is 0 Å². The first-order valence-corrected chi connectivity index (χ1v) is 6.28. The Hall–Kier alpha value is -1.14. The first-order chi connectivity index (χ1) is 8.87. The van der Waals surface area contributed by atoms with Gasteiger partial charge in [-0.25, -0.2) is 0 Å². The molecule has 0 aliphatic carbocycles. The standard InChI is InChI=1S/C13H14F3NO2/c14-13(15,16)8-1-4-11(17-7-8)12(18)5-9-2-3-10(6-12)19-9/h1,4,7,9-10,18H,2-3,5-6H2. The molecule has 0 aromatic carbocycles. The molecular formula is C13H14F3NO2. The highest BCUT2D eigenvalue weighted by molar-refractivity contribution is 5.22. The summed E-state index contributed by atoms with van der Waals surface area (Å²) in [6.45, 7) is 0. The summed E-state index contributed by atoms with van der Waals surface area (Å²) in [5.41, 5.74) is -1.65. The van der Waals surface area contributed by atoms with E-state index in [0.29, 0.717) is 18.5 Å². The molecule has 104 valence electrons. The van der Waals surface area contributed by atoms with Gasteiger partial charge in [-0.3, -0.25) is 4.98 Å². The quantitative estimate of drug-likeness (QED) is 0.855. The maximum absolute atomic E-state index is 12.5. The molecule has 2 aliphatic heterocycles. The van der Waals surface area contributed by atoms with Crippen LogP contribution in [0.2, 0.25) is 0 Å². The molecule has 2 saturated heterocycles. The topological polar surface area (TPSA) is 42.4 Å². The van der Waals surface area contributed by atoms with Gasteiger partial charge in [-0.15, -0.1) is 0 Å². The molecule has 2 bridgehead atoms. The van der Waals surface area contributed by atoms with Gasteiger partial charge < -0.3 is 9.84 Å². The molecule has 19 heavy (non-hydrogen) atoms. The molecule has 0 spiro atoms. The van der Waals surface area contributed by atoms with Crippen LogP contribution in [0, 0.1) is 0 Å². The molecule has 3 heterocycles. The fourth-order valence-electron chi connectivity index (χ4n) is 2.96. The van der Waals surface area contributed by atoms with Crippen molar-refractivity contribution in [3.63, 3.8) is 0 Å². The van der Waals surface area contributed by atoms with E-state index in [2.05, 4.69) is 4.98 Å². The highest BCUT2D eigenvalue weighted by atomic mass is 19.4. The van der Waals surface area contributed by atoms with Crippen molar-refractivity contribution < 1.29 is 23.0 Å². The van der Waals surface area contributed by atoms with Gasteiger partial charge in [0, 0.05) is 19.0 Å². The van der Waals surface area contributed by atoms with Crippen LogP contribution >= 0.6 is 0 Å². The van der Waals surface area contributed by atoms with Crippen LogP contribution in [-0.2, 0) is 16.5 Å². The molecule has 3 nitrogen and oxygen atoms in total. The van der Waals surface area contributed by atoms with Crippen molar-refractivity contribution in [2.24, 2.45) is 0 Å². The van der Waals surface area contributed by atoms with Crippen molar-refractivity contribution in [2.45, 2.75) is 49.7 Å². The Labute approximate surface area is 108 Å². The normalized spacial score (nSPS) is 34.5. The molecule has 0 radical (unpaired) electrons. The summed E-state index contributed by atoms with van der Waals surface area (Å²) in [4.78, 5) is 3.81. The number of halogens is 3. The Morgan fingerprint density at radius 1 is 1.21 bits per heavy atom. The van der Waals surface area contributed by atoms with Crippen molar-refractivity contribution in [1.29, 1.82) is 0 Å². The lowest BCUT2D eigenvalue weighted by atomic mass is 9.86. The third-order valence-corrected chi connectivity index (χ3v) is 3.89. The van der Waals surface area contributed by atoms with Crippen molar-refractivity contribution in [3.05, 3.63) is 29.6 Å². The number of aromatic nitrogens is 1. The molecule has 2 atom stereocenters. The summed E-state index contributed by atoms with van der Waals surface area (Å²) < 4.78 is 43.0. The van der Waals surface area contributed by atoms with Crippen LogP contribution in [0.15, 0.2) is 18.3 Å². The van der Waals surface area contributed by atoms with Crippen molar-refractivity contribution in [2.75, 3.05) is 0 Å². The lowest BCUT2D eigenvalue weighted by Gasteiger charge is -2.36. The summed E-state index contributed by atoms with van der Waals surface area (Å²) in [7, 11) is 0. The van der Waals surface area contributed by atoms with Gasteiger partial charge in [-0.2, -0.15) is 13.2 Å². The van der Waals surface area contributed by atoms with E-state index in [-0.39, 0.29) is 12.2 Å². The molecule has 0 saturated carbocycles. The summed E-state index contributed by atoms with van der Waals surface area (Å²) in [5, 5.41) is 10.6. The number of alkyl halides is 3. The minimum absolute atomic E-state index is 0.00663. The van der Waals surface area contributed by atoms with Gasteiger partial charge in [0.25, 0.3) is 0 Å². The first kappa shape index (κ1) is 12.9. The van der Waals surface area contributed by atoms with Crippen molar-refractivity contribution >= 4 is 0 Å². The molecule has 3 rings (SSSR count). The summed E-state index contributed by atoms with van der Waals surface area (Å²) in [6, 6.07) is 2.24. The number of hydrogen-bond donors (Lipinski definition) is 1. The fourth-order valence-corrected chi connectivity index (χ4v) is 2.96. The van der Waals surface area contributed by atoms with Gasteiger partial charge >= 0.3 is 6.18 Å². The molecule has 0 amide bonds. The third kappa shape index (κ3) is 2.34. The Bertz CT molecular complexity index is 460. The number of fused-ring (bicyclic) bond motifs is 2. The molecule has 2 unspecified atom stereocenters. The van der Waals surface area contributed by atoms with E-state index in [1.807, 2.05) is 0 Å². The van der Waals surface area contributed by atoms with E-state index >= 15 is 0 Å². The number of pyridine rings is 1. The van der Waals surface area contributed by atoms with Gasteiger partial charge in [-0.1, -0.05) is 0 Å². The summed E-state index contributed by atoms with van der Waals surface area (Å²) in [5.74, 6) is 0. The smallest absolute Gasteiger partial charge is 0.383 e. The number of hydrogen-bond acceptors (Lipinski definition) is 3. The van der Waals surface area contributed by atoms with Crippen molar-refractivity contribution in [1.82, 2.24) is 4.98 Å². The van der Waals surface area contributed by atoms with Crippen LogP contribution in [0.1, 0.15) is 36.9 Å². The van der Waals surface area contributed by atoms with Gasteiger partial charge in [0.05, 0.1) is 23.5 Å². The van der Waals surface area contributed by atoms with E-state index in [0.717, 1.165) is 25.1 Å². The maximum Gasteiger partial charge on any atom is 0.417 e. The Balaban J connectivity index is 1.86. The molecule has 1 aromatic heterocycles. The van der Waals surface area contributed by atoms with E-state index in [1.165, 1.54) is 6.07 Å². The fraction of sp³-hybridized carbons (Fsp3) is 0.615. The zero-order chi connectivity index (χ0) is 13.7. The second-order valence-electron chi connectivity index (χ2n) is 5.33. The van der Waals surface area contributed by atoms with E-state index in [9.17, 15) is 18.3 Å². The maximum atomic E-state index is 12.5. The molecular weight excluding hydrogens is 259 g/mol. The molecule has 6 heteroatoms. The minimum atomic E-state index is -4.40. The summed E-state index contributed by atoms with van der Waals surface area (Å²) in [6.07, 6.45) is -1.03. The van der Waals surface area contributed by atoms with E-state index in [4.69, 9.17) is 4.74 Å². The SMILES string of the molecule is OC1(c2ccc(C(F)(F)F)cn2)CC2CCC(C1)O2. The number of rotatable bonds is 1. The van der Waals surface area contributed by atoms with E-state index < -0.39 is 17.3 Å². The van der Waals surface area contributed by atoms with Crippen LogP contribution in [0.25, 0.3) is 0 Å². The van der Waals surface area contributed by atoms with Crippen LogP contribution < -0.4 is 0 Å². The number of aliphatic hydroxyl groups is 1. The Morgan fingerprint density at radius 3 is 2.32 bits per heavy atom. The van der Waals surface area contributed by atoms with Crippen LogP contribution in [0.4, 0.5) is 13.2 Å². The van der Waals surface area contributed by atoms with Crippen LogP contribution in [-0.4, -0.2) is 22.3 Å². The predicted molar refractivity (Wildman–Crippen MR) is 60.3 cm³/mol. The first-order valence-electron chi connectivity index (χ1n) is 6.28. The summed E-state index contributed by atoms with van der Waals surface area (Å²) >= 11 is 0. The highest BCUT2D eigenvalue weighted by Crippen LogP contribution is 2.43. The average molecular weight is 273 g/mol. The van der Waals surface area contributed by atoms with Crippen LogP contribution in [0.5, 0.6) is 0 Å². The average Bonchev–Trinajstić information content (AvgIpc) is 2.68. The third-order valence-electron chi connectivity index (χ3n) is 3.89. The minimum Gasteiger partial charge on any atom is -0.383 e.